The number of unbranched alkanes of at least 4 members (excludes halogenated alkanes) is 11. The van der Waals surface area contributed by atoms with Crippen LogP contribution in [0.25, 0.3) is 0 Å². The van der Waals surface area contributed by atoms with Gasteiger partial charge in [0.25, 0.3) is 0 Å². The summed E-state index contributed by atoms with van der Waals surface area (Å²) in [5, 5.41) is 0. The second kappa shape index (κ2) is 22.6. The minimum atomic E-state index is 0. The van der Waals surface area contributed by atoms with Crippen LogP contribution in [0.15, 0.2) is 12.2 Å². The van der Waals surface area contributed by atoms with E-state index in [4.69, 9.17) is 9.47 Å². The summed E-state index contributed by atoms with van der Waals surface area (Å²) in [5.74, 6) is 0. The Morgan fingerprint density at radius 3 is 1.76 bits per heavy atom. The molecule has 1 unspecified atom stereocenters. The molecule has 0 aliphatic heterocycles. The van der Waals surface area contributed by atoms with Crippen molar-refractivity contribution in [3.05, 3.63) is 12.2 Å². The van der Waals surface area contributed by atoms with Crippen LogP contribution in [-0.2, 0) is 9.47 Å². The molecule has 0 saturated carbocycles. The lowest BCUT2D eigenvalue weighted by molar-refractivity contribution is -0.873. The van der Waals surface area contributed by atoms with E-state index in [9.17, 15) is 0 Å². The first kappa shape index (κ1) is 31.1. The van der Waals surface area contributed by atoms with Gasteiger partial charge in [-0.25, -0.2) is 0 Å². The monoisotopic (exact) mass is 433 g/mol. The molecule has 0 rings (SSSR count). The molecule has 0 saturated heterocycles. The number of quaternary nitrogens is 1. The van der Waals surface area contributed by atoms with Crippen molar-refractivity contribution in [1.82, 2.24) is 0 Å². The van der Waals surface area contributed by atoms with Gasteiger partial charge in [-0.15, -0.1) is 0 Å². The smallest absolute Gasteiger partial charge is 0.130 e. The number of ether oxygens (including phenoxy) is 2. The van der Waals surface area contributed by atoms with Gasteiger partial charge < -0.3 is 26.4 Å². The molecular formula is C25H52ClNO2. The van der Waals surface area contributed by atoms with Crippen molar-refractivity contribution in [1.29, 1.82) is 0 Å². The van der Waals surface area contributed by atoms with Crippen molar-refractivity contribution >= 4 is 0 Å². The van der Waals surface area contributed by atoms with Crippen molar-refractivity contribution in [2.45, 2.75) is 103 Å². The Morgan fingerprint density at radius 1 is 0.724 bits per heavy atom. The van der Waals surface area contributed by atoms with Crippen LogP contribution in [-0.4, -0.2) is 58.1 Å². The van der Waals surface area contributed by atoms with Gasteiger partial charge in [-0.3, -0.25) is 0 Å². The van der Waals surface area contributed by atoms with E-state index in [1.54, 1.807) is 0 Å². The van der Waals surface area contributed by atoms with E-state index < -0.39 is 0 Å². The zero-order valence-corrected chi connectivity index (χ0v) is 21.2. The second-order valence-electron chi connectivity index (χ2n) is 9.21. The quantitative estimate of drug-likeness (QED) is 0.156. The summed E-state index contributed by atoms with van der Waals surface area (Å²) in [5.41, 5.74) is 0. The fourth-order valence-electron chi connectivity index (χ4n) is 3.44. The summed E-state index contributed by atoms with van der Waals surface area (Å²) in [4.78, 5) is 0. The summed E-state index contributed by atoms with van der Waals surface area (Å²) < 4.78 is 12.6. The van der Waals surface area contributed by atoms with Crippen molar-refractivity contribution in [2.75, 3.05) is 47.5 Å². The molecule has 3 nitrogen and oxygen atoms in total. The molecule has 0 heterocycles. The van der Waals surface area contributed by atoms with E-state index in [2.05, 4.69) is 40.2 Å². The topological polar surface area (TPSA) is 18.5 Å². The molecule has 0 bridgehead atoms. The van der Waals surface area contributed by atoms with E-state index in [1.165, 1.54) is 83.5 Å². The molecule has 176 valence electrons. The van der Waals surface area contributed by atoms with Crippen molar-refractivity contribution in [2.24, 2.45) is 0 Å². The SMILES string of the molecule is CCCCCCC/C=C/CCCCCCCCOC(COCC)C[N+](C)(C)C.[Cl-]. The predicted molar refractivity (Wildman–Crippen MR) is 124 cm³/mol. The van der Waals surface area contributed by atoms with Crippen molar-refractivity contribution < 1.29 is 26.4 Å². The molecule has 0 radical (unpaired) electrons. The summed E-state index contributed by atoms with van der Waals surface area (Å²) >= 11 is 0. The number of allylic oxidation sites excluding steroid dienone is 2. The van der Waals surface area contributed by atoms with E-state index in [0.717, 1.165) is 30.8 Å². The number of nitrogens with zero attached hydrogens (tertiary/aromatic N) is 1. The Bertz CT molecular complexity index is 342. The molecule has 0 aromatic carbocycles. The maximum atomic E-state index is 6.08. The van der Waals surface area contributed by atoms with Gasteiger partial charge in [0.05, 0.1) is 27.7 Å². The molecule has 0 aromatic heterocycles. The third-order valence-corrected chi connectivity index (χ3v) is 5.02. The summed E-state index contributed by atoms with van der Waals surface area (Å²) in [6.07, 6.45) is 22.4. The van der Waals surface area contributed by atoms with Crippen LogP contribution in [0.1, 0.15) is 97.3 Å². The molecule has 0 amide bonds. The highest BCUT2D eigenvalue weighted by molar-refractivity contribution is 4.81. The molecule has 29 heavy (non-hydrogen) atoms. The Hall–Kier alpha value is -0.0900. The lowest BCUT2D eigenvalue weighted by atomic mass is 10.1. The van der Waals surface area contributed by atoms with Crippen LogP contribution in [0.2, 0.25) is 0 Å². The van der Waals surface area contributed by atoms with Crippen LogP contribution in [0.3, 0.4) is 0 Å². The molecule has 0 aromatic rings. The van der Waals surface area contributed by atoms with Gasteiger partial charge in [-0.05, 0) is 39.0 Å². The average Bonchev–Trinajstić information content (AvgIpc) is 2.64. The number of likely N-dealkylation sites (N-methyl/N-ethyl adjacent to an activating group) is 1. The molecule has 4 heteroatoms. The molecule has 0 spiro atoms. The standard InChI is InChI=1S/C25H52NO2.ClH/c1-6-8-9-10-11-12-13-14-15-16-17-18-19-20-21-22-28-25(24-27-7-2)23-26(3,4)5;/h13-14,25H,6-12,15-24H2,1-5H3;1H/q+1;/p-1/b14-13+;. The third kappa shape index (κ3) is 25.9. The van der Waals surface area contributed by atoms with Gasteiger partial charge in [0.2, 0.25) is 0 Å². The van der Waals surface area contributed by atoms with Gasteiger partial charge in [-0.2, -0.15) is 0 Å². The lowest BCUT2D eigenvalue weighted by Crippen LogP contribution is -3.00. The molecule has 0 fully saturated rings. The highest BCUT2D eigenvalue weighted by atomic mass is 35.5. The predicted octanol–water partition coefficient (Wildman–Crippen LogP) is 3.77. The zero-order valence-electron chi connectivity index (χ0n) is 20.4. The van der Waals surface area contributed by atoms with Crippen LogP contribution in [0.5, 0.6) is 0 Å². The van der Waals surface area contributed by atoms with Gasteiger partial charge in [0.1, 0.15) is 12.6 Å². The minimum Gasteiger partial charge on any atom is -1.00 e. The van der Waals surface area contributed by atoms with Gasteiger partial charge in [0.15, 0.2) is 0 Å². The first-order chi connectivity index (χ1) is 13.5. The molecule has 1 atom stereocenters. The third-order valence-electron chi connectivity index (χ3n) is 5.02. The molecule has 0 aliphatic carbocycles. The normalized spacial score (nSPS) is 13.0. The summed E-state index contributed by atoms with van der Waals surface area (Å²) in [6.45, 7) is 7.70. The molecular weight excluding hydrogens is 382 g/mol. The Balaban J connectivity index is 0. The summed E-state index contributed by atoms with van der Waals surface area (Å²) in [7, 11) is 6.64. The van der Waals surface area contributed by atoms with Crippen LogP contribution in [0, 0.1) is 0 Å². The fraction of sp³-hybridized carbons (Fsp3) is 0.920. The Morgan fingerprint density at radius 2 is 1.24 bits per heavy atom. The second-order valence-corrected chi connectivity index (χ2v) is 9.21. The van der Waals surface area contributed by atoms with E-state index in [-0.39, 0.29) is 18.5 Å². The number of hydrogen-bond donors (Lipinski definition) is 0. The lowest BCUT2D eigenvalue weighted by Gasteiger charge is -2.29. The van der Waals surface area contributed by atoms with Crippen LogP contribution >= 0.6 is 0 Å². The maximum absolute atomic E-state index is 6.08. The van der Waals surface area contributed by atoms with Crippen molar-refractivity contribution in [3.8, 4) is 0 Å². The highest BCUT2D eigenvalue weighted by Crippen LogP contribution is 2.10. The van der Waals surface area contributed by atoms with Crippen LogP contribution in [0.4, 0.5) is 0 Å². The number of hydrogen-bond acceptors (Lipinski definition) is 2. The highest BCUT2D eigenvalue weighted by Gasteiger charge is 2.18. The first-order valence-corrected chi connectivity index (χ1v) is 12.1. The van der Waals surface area contributed by atoms with E-state index in [0.29, 0.717) is 0 Å². The van der Waals surface area contributed by atoms with Crippen molar-refractivity contribution in [3.63, 3.8) is 0 Å². The maximum Gasteiger partial charge on any atom is 0.130 e. The number of rotatable bonds is 21. The van der Waals surface area contributed by atoms with Gasteiger partial charge >= 0.3 is 0 Å². The largest absolute Gasteiger partial charge is 1.00 e. The van der Waals surface area contributed by atoms with E-state index in [1.807, 2.05) is 6.92 Å². The molecule has 0 N–H and O–H groups in total. The summed E-state index contributed by atoms with van der Waals surface area (Å²) in [6, 6.07) is 0. The van der Waals surface area contributed by atoms with E-state index >= 15 is 0 Å². The Kier molecular flexibility index (Phi) is 24.2. The first-order valence-electron chi connectivity index (χ1n) is 12.1. The zero-order chi connectivity index (χ0) is 20.9. The molecule has 0 aliphatic rings. The van der Waals surface area contributed by atoms with Gasteiger partial charge in [0, 0.05) is 13.2 Å². The minimum absolute atomic E-state index is 0. The van der Waals surface area contributed by atoms with Gasteiger partial charge in [-0.1, -0.05) is 70.4 Å². The fourth-order valence-corrected chi connectivity index (χ4v) is 3.44. The Labute approximate surface area is 189 Å². The van der Waals surface area contributed by atoms with Crippen LogP contribution < -0.4 is 12.4 Å². The number of halogens is 1. The average molecular weight is 434 g/mol.